The Labute approximate surface area is 387 Å². The Bertz CT molecular complexity index is 2020. The molecule has 0 radical (unpaired) electrons. The number of hydrogen-bond donors (Lipinski definition) is 7. The molecule has 1 saturated heterocycles. The van der Waals surface area contributed by atoms with Crippen LogP contribution in [0.4, 0.5) is 0 Å². The fourth-order valence-electron chi connectivity index (χ4n) is 8.20. The van der Waals surface area contributed by atoms with Crippen LogP contribution in [0, 0.1) is 29.6 Å². The summed E-state index contributed by atoms with van der Waals surface area (Å²) in [6, 6.07) is -1.84. The number of hydrogen-bond acceptors (Lipinski definition) is 11. The van der Waals surface area contributed by atoms with E-state index in [0.717, 1.165) is 0 Å². The van der Waals surface area contributed by atoms with Crippen LogP contribution in [0.5, 0.6) is 5.75 Å². The van der Waals surface area contributed by atoms with Crippen LogP contribution in [-0.2, 0) is 54.3 Å². The first-order valence-corrected chi connectivity index (χ1v) is 23.0. The van der Waals surface area contributed by atoms with Crippen molar-refractivity contribution in [2.75, 3.05) is 7.05 Å². The van der Waals surface area contributed by atoms with E-state index in [1.807, 2.05) is 27.7 Å². The molecule has 5 rings (SSSR count). The number of primary amides is 1. The number of likely N-dealkylation sites (N-methyl/N-ethyl adjacent to an activating group) is 1. The van der Waals surface area contributed by atoms with E-state index in [1.54, 1.807) is 45.9 Å². The molecular formula is C47H70N8O11. The van der Waals surface area contributed by atoms with Gasteiger partial charge in [-0.15, -0.1) is 0 Å². The van der Waals surface area contributed by atoms with Gasteiger partial charge >= 0.3 is 5.97 Å². The lowest BCUT2D eigenvalue weighted by molar-refractivity contribution is -0.158. The predicted octanol–water partition coefficient (Wildman–Crippen LogP) is 1.31. The minimum Gasteiger partial charge on any atom is -0.508 e. The number of phenols is 1. The van der Waals surface area contributed by atoms with Gasteiger partial charge < -0.3 is 52.0 Å². The van der Waals surface area contributed by atoms with Crippen LogP contribution in [0.2, 0.25) is 0 Å². The summed E-state index contributed by atoms with van der Waals surface area (Å²) >= 11 is 0. The summed E-state index contributed by atoms with van der Waals surface area (Å²) in [5, 5.41) is 23.7. The summed E-state index contributed by atoms with van der Waals surface area (Å²) in [5.74, 6) is -8.81. The van der Waals surface area contributed by atoms with Gasteiger partial charge in [-0.1, -0.05) is 80.4 Å². The van der Waals surface area contributed by atoms with E-state index in [2.05, 4.69) is 26.6 Å². The molecule has 2 bridgehead atoms. The van der Waals surface area contributed by atoms with Gasteiger partial charge in [0.15, 0.2) is 0 Å². The number of benzene rings is 1. The van der Waals surface area contributed by atoms with Crippen LogP contribution in [-0.4, -0.2) is 123 Å². The largest absolute Gasteiger partial charge is 0.508 e. The molecule has 2 fully saturated rings. The van der Waals surface area contributed by atoms with Crippen molar-refractivity contribution in [3.63, 3.8) is 0 Å². The second kappa shape index (κ2) is 22.5. The monoisotopic (exact) mass is 923 g/mol. The molecule has 19 nitrogen and oxygen atoms in total. The molecule has 19 heteroatoms. The third kappa shape index (κ3) is 12.9. The number of aromatic hydroxyl groups is 1. The third-order valence-electron chi connectivity index (χ3n) is 13.0. The topological polar surface area (TPSA) is 276 Å². The molecule has 8 N–H and O–H groups in total. The molecule has 4 aliphatic rings. The van der Waals surface area contributed by atoms with E-state index in [4.69, 9.17) is 10.5 Å². The van der Waals surface area contributed by atoms with Gasteiger partial charge in [-0.05, 0) is 67.7 Å². The summed E-state index contributed by atoms with van der Waals surface area (Å²) in [5.41, 5.74) is 4.84. The second-order valence-corrected chi connectivity index (χ2v) is 18.9. The molecule has 0 aromatic heterocycles. The van der Waals surface area contributed by atoms with Crippen LogP contribution in [0.1, 0.15) is 106 Å². The van der Waals surface area contributed by atoms with Crippen LogP contribution in [0.25, 0.3) is 0 Å². The van der Waals surface area contributed by atoms with Gasteiger partial charge in [-0.25, -0.2) is 4.79 Å². The van der Waals surface area contributed by atoms with Crippen molar-refractivity contribution in [2.45, 2.75) is 155 Å². The summed E-state index contributed by atoms with van der Waals surface area (Å²) in [6.45, 7) is 15.4. The standard InChI is InChI=1S/C47H70N8O11/c1-11-26(7)36-46(65)66-28(9)37(52-40(59)32(17-18-35(48)57)49-39(58)25(5)6)43(62)50-33(21-24(3)4)41(60)53-47-19-20-55(44(63)31(47)23-47)38(27(8)12-2)45(64)54(10)34(42(61)51-36)22-29-13-15-30(56)16-14-29/h13-16,19-20,24-28,31-34,36-38,56H,11-12,17-18,21-23H2,1-10H3,(H2,48,57)(H,49,58)(H,50,62)(H,51,61)(H,52,59)(H,53,60)/t26?,27?,28-,31+,32+,33+,34+,36+,37+,38+,47?/m1/s1. The van der Waals surface area contributed by atoms with E-state index in [1.165, 1.54) is 42.1 Å². The van der Waals surface area contributed by atoms with Crippen LogP contribution < -0.4 is 32.3 Å². The van der Waals surface area contributed by atoms with Gasteiger partial charge in [0.25, 0.3) is 0 Å². The fraction of sp³-hybridized carbons (Fsp3) is 0.638. The Hall–Kier alpha value is -6.01. The second-order valence-electron chi connectivity index (χ2n) is 18.9. The first kappa shape index (κ1) is 52.6. The molecule has 1 spiro atoms. The van der Waals surface area contributed by atoms with Crippen molar-refractivity contribution in [1.82, 2.24) is 36.4 Å². The number of nitrogens with one attached hydrogen (secondary N) is 5. The maximum atomic E-state index is 14.8. The Balaban J connectivity index is 1.86. The lowest BCUT2D eigenvalue weighted by atomic mass is 9.93. The summed E-state index contributed by atoms with van der Waals surface area (Å²) in [7, 11) is 1.45. The van der Waals surface area contributed by atoms with Gasteiger partial charge in [0, 0.05) is 32.0 Å². The van der Waals surface area contributed by atoms with Gasteiger partial charge in [-0.2, -0.15) is 0 Å². The van der Waals surface area contributed by atoms with Crippen LogP contribution in [0.15, 0.2) is 36.5 Å². The molecule has 1 aromatic rings. The third-order valence-corrected chi connectivity index (χ3v) is 13.0. The number of amides is 8. The number of fused-ring (bicyclic) bond motifs is 15. The van der Waals surface area contributed by atoms with Crippen molar-refractivity contribution >= 4 is 53.2 Å². The Morgan fingerprint density at radius 2 is 1.53 bits per heavy atom. The summed E-state index contributed by atoms with van der Waals surface area (Å²) < 4.78 is 5.94. The van der Waals surface area contributed by atoms with E-state index in [9.17, 15) is 48.3 Å². The molecule has 1 saturated carbocycles. The smallest absolute Gasteiger partial charge is 0.329 e. The first-order chi connectivity index (χ1) is 30.9. The number of carbonyl (C=O) groups excluding carboxylic acids is 9. The van der Waals surface area contributed by atoms with Crippen LogP contribution >= 0.6 is 0 Å². The van der Waals surface area contributed by atoms with Crippen molar-refractivity contribution in [3.05, 3.63) is 42.1 Å². The van der Waals surface area contributed by atoms with Crippen molar-refractivity contribution in [3.8, 4) is 5.75 Å². The highest BCUT2D eigenvalue weighted by Crippen LogP contribution is 2.49. The zero-order valence-electron chi connectivity index (χ0n) is 39.8. The zero-order chi connectivity index (χ0) is 49.4. The van der Waals surface area contributed by atoms with E-state index < -0.39 is 125 Å². The molecule has 3 aliphatic heterocycles. The van der Waals surface area contributed by atoms with Gasteiger partial charge in [0.2, 0.25) is 47.3 Å². The molecule has 1 aliphatic carbocycles. The number of rotatable bonds is 15. The van der Waals surface area contributed by atoms with Crippen molar-refractivity contribution < 1.29 is 53.0 Å². The number of nitrogens with zero attached hydrogens (tertiary/aromatic N) is 2. The van der Waals surface area contributed by atoms with E-state index in [-0.39, 0.29) is 43.8 Å². The molecule has 1 aromatic carbocycles. The number of phenolic OH excluding ortho intramolecular Hbond substituents is 1. The van der Waals surface area contributed by atoms with Gasteiger partial charge in [-0.3, -0.25) is 38.4 Å². The Morgan fingerprint density at radius 3 is 2.11 bits per heavy atom. The van der Waals surface area contributed by atoms with E-state index in [0.29, 0.717) is 18.4 Å². The maximum Gasteiger partial charge on any atom is 0.329 e. The number of ether oxygens (including phenoxy) is 1. The number of esters is 1. The highest BCUT2D eigenvalue weighted by atomic mass is 16.5. The van der Waals surface area contributed by atoms with Crippen molar-refractivity contribution in [1.29, 1.82) is 0 Å². The summed E-state index contributed by atoms with van der Waals surface area (Å²) in [4.78, 5) is 128. The average molecular weight is 923 g/mol. The Kier molecular flexibility index (Phi) is 17.9. The van der Waals surface area contributed by atoms with Crippen LogP contribution in [0.3, 0.4) is 0 Å². The highest BCUT2D eigenvalue weighted by molar-refractivity contribution is 5.98. The van der Waals surface area contributed by atoms with Gasteiger partial charge in [0.05, 0.1) is 11.5 Å². The molecule has 3 unspecified atom stereocenters. The molecule has 11 atom stereocenters. The molecule has 364 valence electrons. The van der Waals surface area contributed by atoms with E-state index >= 15 is 0 Å². The quantitative estimate of drug-likeness (QED) is 0.0973. The minimum atomic E-state index is -1.70. The lowest BCUT2D eigenvalue weighted by Gasteiger charge is -2.39. The number of carbonyl (C=O) groups is 9. The lowest BCUT2D eigenvalue weighted by Crippen LogP contribution is -2.62. The van der Waals surface area contributed by atoms with Gasteiger partial charge in [0.1, 0.15) is 48.1 Å². The molecule has 66 heavy (non-hydrogen) atoms. The zero-order valence-corrected chi connectivity index (χ0v) is 39.8. The molecule has 8 amide bonds. The SMILES string of the molecule is CCC(C)[C@@H]1NC(=O)[C@H](Cc2ccc(O)cc2)N(C)C(=O)[C@H](C(C)CC)N2C=CC3(C[C@H]3C2=O)NC(=O)[C@H](CC(C)C)NC(=O)[C@@H](NC(=O)[C@H](CCC(N)=O)NC(=O)C(C)C)[C@@H](C)OC1=O. The first-order valence-electron chi connectivity index (χ1n) is 23.0. The fourth-order valence-corrected chi connectivity index (χ4v) is 8.20. The summed E-state index contributed by atoms with van der Waals surface area (Å²) in [6.07, 6.45) is 2.29. The molecule has 3 heterocycles. The normalized spacial score (nSPS) is 27.8. The average Bonchev–Trinajstić information content (AvgIpc) is 3.99. The molecular weight excluding hydrogens is 853 g/mol. The van der Waals surface area contributed by atoms with Crippen molar-refractivity contribution in [2.24, 2.45) is 35.3 Å². The Morgan fingerprint density at radius 1 is 0.894 bits per heavy atom. The predicted molar refractivity (Wildman–Crippen MR) is 242 cm³/mol. The maximum absolute atomic E-state index is 14.8. The highest BCUT2D eigenvalue weighted by Gasteiger charge is 2.62. The number of nitrogens with two attached hydrogens (primary N) is 1. The minimum absolute atomic E-state index is 0.0165.